The summed E-state index contributed by atoms with van der Waals surface area (Å²) >= 11 is 1.31. The molecule has 8 nitrogen and oxygen atoms in total. The number of nitrogens with one attached hydrogen (secondary N) is 1. The number of carbonyl (C=O) groups excluding carboxylic acids is 1. The zero-order valence-corrected chi connectivity index (χ0v) is 11.9. The Morgan fingerprint density at radius 3 is 2.71 bits per heavy atom. The Morgan fingerprint density at radius 1 is 1.29 bits per heavy atom. The maximum Gasteiger partial charge on any atom is 0.255 e. The van der Waals surface area contributed by atoms with Crippen LogP contribution in [0, 0.1) is 6.92 Å². The van der Waals surface area contributed by atoms with Crippen molar-refractivity contribution >= 4 is 22.4 Å². The van der Waals surface area contributed by atoms with E-state index in [4.69, 9.17) is 0 Å². The quantitative estimate of drug-likeness (QED) is 0.773. The van der Waals surface area contributed by atoms with E-state index in [2.05, 4.69) is 31.0 Å². The molecule has 0 fully saturated rings. The molecule has 1 unspecified atom stereocenters. The second kappa shape index (κ2) is 5.75. The third-order valence-corrected chi connectivity index (χ3v) is 3.50. The molecule has 0 aliphatic heterocycles. The second-order valence-corrected chi connectivity index (χ2v) is 5.40. The monoisotopic (exact) mass is 301 g/mol. The number of benzene rings is 1. The van der Waals surface area contributed by atoms with Gasteiger partial charge in [-0.2, -0.15) is 0 Å². The summed E-state index contributed by atoms with van der Waals surface area (Å²) < 4.78 is 1.40. The summed E-state index contributed by atoms with van der Waals surface area (Å²) in [4.78, 5) is 12.5. The summed E-state index contributed by atoms with van der Waals surface area (Å²) in [5.41, 5.74) is 0.781. The van der Waals surface area contributed by atoms with Crippen LogP contribution in [0.5, 0.6) is 0 Å². The molecule has 1 N–H and O–H groups in total. The summed E-state index contributed by atoms with van der Waals surface area (Å²) in [5, 5.41) is 22.7. The van der Waals surface area contributed by atoms with Crippen molar-refractivity contribution in [3.05, 3.63) is 47.2 Å². The van der Waals surface area contributed by atoms with E-state index < -0.39 is 6.04 Å². The lowest BCUT2D eigenvalue weighted by atomic mass is 10.1. The topological polar surface area (TPSA) is 98.5 Å². The summed E-state index contributed by atoms with van der Waals surface area (Å²) in [7, 11) is 0. The molecule has 0 aliphatic rings. The van der Waals surface area contributed by atoms with Crippen molar-refractivity contribution in [2.45, 2.75) is 13.0 Å². The third-order valence-electron chi connectivity index (χ3n) is 2.75. The van der Waals surface area contributed by atoms with Gasteiger partial charge in [0.15, 0.2) is 6.04 Å². The standard InChI is InChI=1S/C12H11N7OS/c1-8-15-16-12(21-8)14-11(20)10(19-7-13-17-18-19)9-5-3-2-4-6-9/h2-7,10H,1H3,(H,14,16,20). The summed E-state index contributed by atoms with van der Waals surface area (Å²) in [6, 6.07) is 8.62. The molecule has 106 valence electrons. The highest BCUT2D eigenvalue weighted by atomic mass is 32.1. The van der Waals surface area contributed by atoms with Crippen LogP contribution in [0.1, 0.15) is 16.6 Å². The Hall–Kier alpha value is -2.68. The van der Waals surface area contributed by atoms with Crippen LogP contribution in [-0.4, -0.2) is 36.3 Å². The van der Waals surface area contributed by atoms with Crippen molar-refractivity contribution < 1.29 is 4.79 Å². The van der Waals surface area contributed by atoms with Gasteiger partial charge in [0.2, 0.25) is 5.13 Å². The average Bonchev–Trinajstić information content (AvgIpc) is 3.13. The van der Waals surface area contributed by atoms with Gasteiger partial charge in [-0.25, -0.2) is 4.68 Å². The van der Waals surface area contributed by atoms with Crippen LogP contribution in [0.3, 0.4) is 0 Å². The Bertz CT molecular complexity index is 725. The van der Waals surface area contributed by atoms with Crippen molar-refractivity contribution in [3.63, 3.8) is 0 Å². The number of hydrogen-bond donors (Lipinski definition) is 1. The van der Waals surface area contributed by atoms with Crippen molar-refractivity contribution in [1.29, 1.82) is 0 Å². The van der Waals surface area contributed by atoms with Crippen LogP contribution in [0.15, 0.2) is 36.7 Å². The Kier molecular flexibility index (Phi) is 3.65. The predicted molar refractivity (Wildman–Crippen MR) is 75.7 cm³/mol. The van der Waals surface area contributed by atoms with E-state index in [1.807, 2.05) is 37.3 Å². The van der Waals surface area contributed by atoms with Gasteiger partial charge in [-0.05, 0) is 22.9 Å². The van der Waals surface area contributed by atoms with Gasteiger partial charge in [-0.15, -0.1) is 15.3 Å². The second-order valence-electron chi connectivity index (χ2n) is 4.22. The molecule has 0 saturated heterocycles. The molecule has 0 saturated carbocycles. The lowest BCUT2D eigenvalue weighted by molar-refractivity contribution is -0.118. The van der Waals surface area contributed by atoms with Crippen LogP contribution >= 0.6 is 11.3 Å². The van der Waals surface area contributed by atoms with Crippen molar-refractivity contribution in [2.75, 3.05) is 5.32 Å². The van der Waals surface area contributed by atoms with Crippen molar-refractivity contribution in [2.24, 2.45) is 0 Å². The molecule has 1 amide bonds. The SMILES string of the molecule is Cc1nnc(NC(=O)C(c2ccccc2)n2cnnn2)s1. The van der Waals surface area contributed by atoms with Crippen LogP contribution in [0.25, 0.3) is 0 Å². The normalized spacial score (nSPS) is 12.0. The molecule has 2 aromatic heterocycles. The van der Waals surface area contributed by atoms with Gasteiger partial charge >= 0.3 is 0 Å². The molecule has 21 heavy (non-hydrogen) atoms. The number of nitrogens with zero attached hydrogens (tertiary/aromatic N) is 6. The van der Waals surface area contributed by atoms with E-state index in [-0.39, 0.29) is 5.91 Å². The molecule has 0 aliphatic carbocycles. The molecule has 3 rings (SSSR count). The molecular weight excluding hydrogens is 290 g/mol. The number of rotatable bonds is 4. The number of anilines is 1. The first kappa shape index (κ1) is 13.3. The molecule has 9 heteroatoms. The van der Waals surface area contributed by atoms with Crippen LogP contribution < -0.4 is 5.32 Å². The number of tetrazole rings is 1. The van der Waals surface area contributed by atoms with E-state index >= 15 is 0 Å². The average molecular weight is 301 g/mol. The number of aryl methyl sites for hydroxylation is 1. The fraction of sp³-hybridized carbons (Fsp3) is 0.167. The molecule has 0 spiro atoms. The van der Waals surface area contributed by atoms with Gasteiger partial charge in [0.1, 0.15) is 11.3 Å². The zero-order chi connectivity index (χ0) is 14.7. The largest absolute Gasteiger partial charge is 0.298 e. The maximum absolute atomic E-state index is 12.5. The van der Waals surface area contributed by atoms with Crippen LogP contribution in [0.4, 0.5) is 5.13 Å². The Morgan fingerprint density at radius 2 is 2.10 bits per heavy atom. The predicted octanol–water partition coefficient (Wildman–Crippen LogP) is 1.06. The van der Waals surface area contributed by atoms with Crippen LogP contribution in [0.2, 0.25) is 0 Å². The smallest absolute Gasteiger partial charge is 0.255 e. The minimum Gasteiger partial charge on any atom is -0.298 e. The number of aromatic nitrogens is 6. The van der Waals surface area contributed by atoms with Gasteiger partial charge in [0.25, 0.3) is 5.91 Å². The molecule has 3 aromatic rings. The molecule has 1 aromatic carbocycles. The van der Waals surface area contributed by atoms with Gasteiger partial charge in [-0.1, -0.05) is 41.7 Å². The van der Waals surface area contributed by atoms with Gasteiger partial charge in [-0.3, -0.25) is 10.1 Å². The molecule has 0 bridgehead atoms. The highest BCUT2D eigenvalue weighted by Crippen LogP contribution is 2.20. The third kappa shape index (κ3) is 2.92. The van der Waals surface area contributed by atoms with Gasteiger partial charge in [0.05, 0.1) is 0 Å². The molecule has 2 heterocycles. The molecular formula is C12H11N7OS. The van der Waals surface area contributed by atoms with Gasteiger partial charge in [0, 0.05) is 0 Å². The molecule has 0 radical (unpaired) electrons. The first-order valence-electron chi connectivity index (χ1n) is 6.12. The van der Waals surface area contributed by atoms with Crippen molar-refractivity contribution in [3.8, 4) is 0 Å². The van der Waals surface area contributed by atoms with Crippen LogP contribution in [-0.2, 0) is 4.79 Å². The lowest BCUT2D eigenvalue weighted by Crippen LogP contribution is -2.27. The number of amides is 1. The molecule has 1 atom stereocenters. The summed E-state index contributed by atoms with van der Waals surface area (Å²) in [6.07, 6.45) is 1.41. The fourth-order valence-electron chi connectivity index (χ4n) is 1.87. The highest BCUT2D eigenvalue weighted by molar-refractivity contribution is 7.15. The summed E-state index contributed by atoms with van der Waals surface area (Å²) in [5.74, 6) is -0.273. The maximum atomic E-state index is 12.5. The fourth-order valence-corrected chi connectivity index (χ4v) is 2.46. The minimum absolute atomic E-state index is 0.273. The Balaban J connectivity index is 1.90. The van der Waals surface area contributed by atoms with Gasteiger partial charge < -0.3 is 0 Å². The van der Waals surface area contributed by atoms with E-state index in [0.717, 1.165) is 10.6 Å². The first-order chi connectivity index (χ1) is 10.2. The minimum atomic E-state index is -0.662. The lowest BCUT2D eigenvalue weighted by Gasteiger charge is -2.15. The summed E-state index contributed by atoms with van der Waals surface area (Å²) in [6.45, 7) is 1.82. The number of carbonyl (C=O) groups is 1. The van der Waals surface area contributed by atoms with Crippen molar-refractivity contribution in [1.82, 2.24) is 30.4 Å². The zero-order valence-electron chi connectivity index (χ0n) is 11.0. The van der Waals surface area contributed by atoms with E-state index in [1.165, 1.54) is 22.3 Å². The number of hydrogen-bond acceptors (Lipinski definition) is 7. The van der Waals surface area contributed by atoms with E-state index in [1.54, 1.807) is 0 Å². The highest BCUT2D eigenvalue weighted by Gasteiger charge is 2.24. The Labute approximate surface area is 123 Å². The van der Waals surface area contributed by atoms with E-state index in [0.29, 0.717) is 5.13 Å². The first-order valence-corrected chi connectivity index (χ1v) is 6.94. The van der Waals surface area contributed by atoms with E-state index in [9.17, 15) is 4.79 Å².